The third-order valence-corrected chi connectivity index (χ3v) is 10.9. The van der Waals surface area contributed by atoms with E-state index in [1.807, 2.05) is 60.7 Å². The standard InChI is InChI=1S/C39H42BrN3O7/c1-4-6-16-31(45)41-22-24(3)49-38(48)32-33-36(46)43(30(23-44)26-13-8-7-9-14-26)35(39(33)21-29(40)34(32)50-39)37(47)42(19-5-2)28-18-17-25-12-10-11-15-27(25)20-28/h4-5,7-15,17-18,20,24,29-30,32-35,44H,1-2,6,16,19,21-23H2,3H3,(H,41,45)/t24-,29?,30+,32+,33-,34+,35+,39-/m0/s1. The molecule has 262 valence electrons. The summed E-state index contributed by atoms with van der Waals surface area (Å²) in [7, 11) is 0. The third kappa shape index (κ3) is 6.38. The van der Waals surface area contributed by atoms with Crippen LogP contribution in [0, 0.1) is 11.8 Å². The van der Waals surface area contributed by atoms with E-state index in [0.717, 1.165) is 10.8 Å². The molecule has 1 spiro atoms. The molecule has 11 heteroatoms. The Labute approximate surface area is 300 Å². The van der Waals surface area contributed by atoms with Crippen LogP contribution in [-0.2, 0) is 28.7 Å². The number of hydrogen-bond acceptors (Lipinski definition) is 7. The first-order valence-electron chi connectivity index (χ1n) is 16.9. The molecule has 3 aromatic carbocycles. The van der Waals surface area contributed by atoms with Crippen LogP contribution in [0.2, 0.25) is 0 Å². The molecule has 50 heavy (non-hydrogen) atoms. The fourth-order valence-corrected chi connectivity index (χ4v) is 8.77. The number of benzene rings is 3. The predicted octanol–water partition coefficient (Wildman–Crippen LogP) is 4.85. The van der Waals surface area contributed by atoms with Crippen LogP contribution >= 0.6 is 15.9 Å². The van der Waals surface area contributed by atoms with Gasteiger partial charge in [-0.2, -0.15) is 0 Å². The predicted molar refractivity (Wildman–Crippen MR) is 193 cm³/mol. The first-order chi connectivity index (χ1) is 24.1. The molecular formula is C39H42BrN3O7. The summed E-state index contributed by atoms with van der Waals surface area (Å²) in [6.07, 6.45) is 2.94. The third-order valence-electron chi connectivity index (χ3n) is 10.0. The number of hydrogen-bond donors (Lipinski definition) is 2. The van der Waals surface area contributed by atoms with Crippen LogP contribution < -0.4 is 10.2 Å². The van der Waals surface area contributed by atoms with Crippen molar-refractivity contribution in [1.29, 1.82) is 0 Å². The first kappa shape index (κ1) is 35.5. The highest BCUT2D eigenvalue weighted by atomic mass is 79.9. The van der Waals surface area contributed by atoms with E-state index in [2.05, 4.69) is 34.4 Å². The summed E-state index contributed by atoms with van der Waals surface area (Å²) < 4.78 is 12.5. The van der Waals surface area contributed by atoms with Crippen molar-refractivity contribution in [2.45, 2.75) is 60.9 Å². The second-order valence-electron chi connectivity index (χ2n) is 13.2. The van der Waals surface area contributed by atoms with Crippen molar-refractivity contribution in [3.05, 3.63) is 104 Å². The van der Waals surface area contributed by atoms with Gasteiger partial charge in [0.1, 0.15) is 17.7 Å². The summed E-state index contributed by atoms with van der Waals surface area (Å²) in [5.74, 6) is -3.77. The van der Waals surface area contributed by atoms with Gasteiger partial charge in [0.25, 0.3) is 5.91 Å². The van der Waals surface area contributed by atoms with Gasteiger partial charge in [0.2, 0.25) is 11.8 Å². The van der Waals surface area contributed by atoms with Gasteiger partial charge in [-0.25, -0.2) is 0 Å². The Kier molecular flexibility index (Phi) is 10.6. The molecule has 3 heterocycles. The van der Waals surface area contributed by atoms with E-state index in [4.69, 9.17) is 9.47 Å². The average Bonchev–Trinajstić information content (AvgIpc) is 3.72. The Morgan fingerprint density at radius 1 is 1.10 bits per heavy atom. The molecule has 3 aliphatic heterocycles. The number of likely N-dealkylation sites (tertiary alicyclic amines) is 1. The molecule has 6 rings (SSSR count). The summed E-state index contributed by atoms with van der Waals surface area (Å²) in [5, 5.41) is 15.6. The molecule has 0 saturated carbocycles. The SMILES string of the molecule is C=CCCC(=O)NC[C@H](C)OC(=O)[C@H]1[C@@H]2O[C@@]3(CC2Br)[C@@H]1C(=O)N([C@H](CO)c1ccccc1)[C@@H]3C(=O)N(CC=C)c1ccc2ccccc2c1. The van der Waals surface area contributed by atoms with Crippen molar-refractivity contribution in [3.63, 3.8) is 0 Å². The normalized spacial score (nSPS) is 26.3. The molecule has 3 fully saturated rings. The zero-order valence-corrected chi connectivity index (χ0v) is 29.5. The molecule has 3 aromatic rings. The van der Waals surface area contributed by atoms with Gasteiger partial charge in [-0.05, 0) is 48.2 Å². The van der Waals surface area contributed by atoms with Gasteiger partial charge in [-0.3, -0.25) is 19.2 Å². The molecule has 8 atom stereocenters. The van der Waals surface area contributed by atoms with Crippen molar-refractivity contribution < 1.29 is 33.8 Å². The number of esters is 1. The van der Waals surface area contributed by atoms with E-state index >= 15 is 4.79 Å². The number of rotatable bonds is 14. The van der Waals surface area contributed by atoms with Crippen molar-refractivity contribution in [1.82, 2.24) is 10.2 Å². The highest BCUT2D eigenvalue weighted by Gasteiger charge is 2.77. The van der Waals surface area contributed by atoms with E-state index in [1.54, 1.807) is 36.1 Å². The fourth-order valence-electron chi connectivity index (χ4n) is 7.82. The molecular weight excluding hydrogens is 702 g/mol. The lowest BCUT2D eigenvalue weighted by Crippen LogP contribution is -2.57. The van der Waals surface area contributed by atoms with Crippen LogP contribution in [0.3, 0.4) is 0 Å². The zero-order chi connectivity index (χ0) is 35.6. The summed E-state index contributed by atoms with van der Waals surface area (Å²) in [4.78, 5) is 58.8. The Hall–Kier alpha value is -4.32. The van der Waals surface area contributed by atoms with E-state index in [0.29, 0.717) is 17.7 Å². The smallest absolute Gasteiger partial charge is 0.312 e. The monoisotopic (exact) mass is 743 g/mol. The van der Waals surface area contributed by atoms with Crippen molar-refractivity contribution >= 4 is 56.1 Å². The number of amides is 3. The Morgan fingerprint density at radius 3 is 2.52 bits per heavy atom. The van der Waals surface area contributed by atoms with E-state index in [9.17, 15) is 19.5 Å². The Bertz CT molecular complexity index is 1790. The minimum atomic E-state index is -1.39. The van der Waals surface area contributed by atoms with Crippen molar-refractivity contribution in [2.75, 3.05) is 24.6 Å². The molecule has 3 amide bonds. The number of nitrogens with zero attached hydrogens (tertiary/aromatic N) is 2. The molecule has 2 N–H and O–H groups in total. The summed E-state index contributed by atoms with van der Waals surface area (Å²) in [5.41, 5.74) is -0.135. The molecule has 0 aromatic heterocycles. The Balaban J connectivity index is 1.38. The van der Waals surface area contributed by atoms with Gasteiger partial charge in [0.15, 0.2) is 0 Å². The summed E-state index contributed by atoms with van der Waals surface area (Å²) in [6, 6.07) is 20.5. The number of nitrogens with one attached hydrogen (secondary N) is 1. The highest BCUT2D eigenvalue weighted by molar-refractivity contribution is 9.09. The highest BCUT2D eigenvalue weighted by Crippen LogP contribution is 2.61. The number of carbonyl (C=O) groups is 4. The molecule has 0 radical (unpaired) electrons. The van der Waals surface area contributed by atoms with Crippen LogP contribution in [0.4, 0.5) is 5.69 Å². The second kappa shape index (κ2) is 14.9. The first-order valence-corrected chi connectivity index (χ1v) is 17.9. The topological polar surface area (TPSA) is 125 Å². The van der Waals surface area contributed by atoms with E-state index < -0.39 is 66.1 Å². The van der Waals surface area contributed by atoms with Crippen LogP contribution in [0.25, 0.3) is 10.8 Å². The number of alkyl halides is 1. The second-order valence-corrected chi connectivity index (χ2v) is 14.3. The maximum atomic E-state index is 15.1. The maximum absolute atomic E-state index is 15.1. The molecule has 1 unspecified atom stereocenters. The van der Waals surface area contributed by atoms with Crippen LogP contribution in [0.1, 0.15) is 37.8 Å². The van der Waals surface area contributed by atoms with Crippen LogP contribution in [0.15, 0.2) is 98.1 Å². The molecule has 0 aliphatic carbocycles. The minimum Gasteiger partial charge on any atom is -0.460 e. The number of aliphatic hydroxyl groups excluding tert-OH is 1. The van der Waals surface area contributed by atoms with Crippen molar-refractivity contribution in [2.24, 2.45) is 11.8 Å². The summed E-state index contributed by atoms with van der Waals surface area (Å²) in [6.45, 7) is 9.00. The number of halogens is 1. The molecule has 10 nitrogen and oxygen atoms in total. The lowest BCUT2D eigenvalue weighted by molar-refractivity contribution is -0.159. The fraction of sp³-hybridized carbons (Fsp3) is 0.385. The number of carbonyl (C=O) groups excluding carboxylic acids is 4. The molecule has 2 bridgehead atoms. The van der Waals surface area contributed by atoms with Gasteiger partial charge < -0.3 is 29.7 Å². The lowest BCUT2D eigenvalue weighted by Gasteiger charge is -2.39. The number of allylic oxidation sites excluding steroid dienone is 1. The van der Waals surface area contributed by atoms with Gasteiger partial charge in [0, 0.05) is 23.5 Å². The zero-order valence-electron chi connectivity index (χ0n) is 28.0. The van der Waals surface area contributed by atoms with Gasteiger partial charge >= 0.3 is 5.97 Å². The number of ether oxygens (including phenoxy) is 2. The van der Waals surface area contributed by atoms with E-state index in [1.165, 1.54) is 4.90 Å². The number of anilines is 1. The quantitative estimate of drug-likeness (QED) is 0.137. The van der Waals surface area contributed by atoms with E-state index in [-0.39, 0.29) is 36.7 Å². The Morgan fingerprint density at radius 2 is 1.82 bits per heavy atom. The largest absolute Gasteiger partial charge is 0.460 e. The maximum Gasteiger partial charge on any atom is 0.312 e. The number of aliphatic hydroxyl groups is 1. The van der Waals surface area contributed by atoms with Crippen LogP contribution in [-0.4, -0.2) is 82.1 Å². The van der Waals surface area contributed by atoms with Gasteiger partial charge in [-0.15, -0.1) is 13.2 Å². The number of fused-ring (bicyclic) bond motifs is 2. The minimum absolute atomic E-state index is 0.0948. The van der Waals surface area contributed by atoms with Crippen molar-refractivity contribution in [3.8, 4) is 0 Å². The van der Waals surface area contributed by atoms with Crippen LogP contribution in [0.5, 0.6) is 0 Å². The summed E-state index contributed by atoms with van der Waals surface area (Å²) >= 11 is 3.71. The molecule has 3 aliphatic rings. The van der Waals surface area contributed by atoms with Gasteiger partial charge in [-0.1, -0.05) is 88.7 Å². The average molecular weight is 745 g/mol. The molecule has 3 saturated heterocycles. The lowest BCUT2D eigenvalue weighted by atomic mass is 9.70. The van der Waals surface area contributed by atoms with Gasteiger partial charge in [0.05, 0.1) is 37.1 Å².